The van der Waals surface area contributed by atoms with Crippen molar-refractivity contribution >= 4 is 50.7 Å². The van der Waals surface area contributed by atoms with E-state index < -0.39 is 28.5 Å². The second kappa shape index (κ2) is 11.7. The molecule has 0 aromatic heterocycles. The second-order valence-corrected chi connectivity index (χ2v) is 10.6. The summed E-state index contributed by atoms with van der Waals surface area (Å²) in [6.45, 7) is 5.41. The summed E-state index contributed by atoms with van der Waals surface area (Å²) in [5, 5.41) is 3.80. The lowest BCUT2D eigenvalue weighted by Gasteiger charge is -2.32. The topological polar surface area (TPSA) is 86.8 Å². The number of sulfonamides is 1. The Morgan fingerprint density at radius 3 is 2.21 bits per heavy atom. The molecule has 0 aliphatic rings. The Hall–Kier alpha value is -2.29. The first-order valence-electron chi connectivity index (χ1n) is 10.5. The predicted octanol–water partition coefficient (Wildman–Crippen LogP) is 4.01. The number of halogens is 2. The molecular weight excluding hydrogens is 485 g/mol. The van der Waals surface area contributed by atoms with Gasteiger partial charge in [-0.15, -0.1) is 0 Å². The van der Waals surface area contributed by atoms with Crippen LogP contribution in [0.5, 0.6) is 0 Å². The molecule has 2 rings (SSSR count). The molecule has 0 spiro atoms. The van der Waals surface area contributed by atoms with Gasteiger partial charge in [0, 0.05) is 23.1 Å². The number of hydrogen-bond acceptors (Lipinski definition) is 4. The van der Waals surface area contributed by atoms with E-state index in [4.69, 9.17) is 23.2 Å². The lowest BCUT2D eigenvalue weighted by atomic mass is 10.1. The zero-order valence-electron chi connectivity index (χ0n) is 19.1. The maximum absolute atomic E-state index is 13.4. The summed E-state index contributed by atoms with van der Waals surface area (Å²) in [6, 6.07) is 10.9. The van der Waals surface area contributed by atoms with Crippen LogP contribution in [-0.4, -0.2) is 50.5 Å². The highest BCUT2D eigenvalue weighted by molar-refractivity contribution is 7.92. The van der Waals surface area contributed by atoms with Crippen LogP contribution in [0.3, 0.4) is 0 Å². The van der Waals surface area contributed by atoms with E-state index in [2.05, 4.69) is 5.32 Å². The van der Waals surface area contributed by atoms with Gasteiger partial charge in [-0.3, -0.25) is 13.9 Å². The monoisotopic (exact) mass is 513 g/mol. The summed E-state index contributed by atoms with van der Waals surface area (Å²) in [5.41, 5.74) is 1.72. The van der Waals surface area contributed by atoms with E-state index in [0.717, 1.165) is 22.5 Å². The van der Waals surface area contributed by atoms with Gasteiger partial charge in [-0.2, -0.15) is 0 Å². The molecule has 0 fully saturated rings. The minimum Gasteiger partial charge on any atom is -0.354 e. The quantitative estimate of drug-likeness (QED) is 0.519. The van der Waals surface area contributed by atoms with E-state index in [0.29, 0.717) is 27.8 Å². The van der Waals surface area contributed by atoms with E-state index in [9.17, 15) is 18.0 Å². The number of carbonyl (C=O) groups excluding carboxylic acids is 2. The lowest BCUT2D eigenvalue weighted by molar-refractivity contribution is -0.139. The van der Waals surface area contributed by atoms with Crippen molar-refractivity contribution in [1.29, 1.82) is 0 Å². The summed E-state index contributed by atoms with van der Waals surface area (Å²) in [7, 11) is -3.80. The van der Waals surface area contributed by atoms with Crippen molar-refractivity contribution in [1.82, 2.24) is 10.2 Å². The Balaban J connectivity index is 2.39. The van der Waals surface area contributed by atoms with Crippen LogP contribution in [0.1, 0.15) is 31.4 Å². The van der Waals surface area contributed by atoms with Crippen LogP contribution < -0.4 is 9.62 Å². The molecule has 0 radical (unpaired) electrons. The van der Waals surface area contributed by atoms with Crippen LogP contribution >= 0.6 is 23.2 Å². The molecule has 2 aromatic carbocycles. The molecule has 0 saturated heterocycles. The minimum atomic E-state index is -3.80. The van der Waals surface area contributed by atoms with E-state index in [-0.39, 0.29) is 12.5 Å². The largest absolute Gasteiger partial charge is 0.354 e. The second-order valence-electron chi connectivity index (χ2n) is 7.82. The zero-order valence-corrected chi connectivity index (χ0v) is 21.5. The summed E-state index contributed by atoms with van der Waals surface area (Å²) >= 11 is 12.0. The van der Waals surface area contributed by atoms with Gasteiger partial charge in [0.25, 0.3) is 0 Å². The number of hydrogen-bond donors (Lipinski definition) is 1. The van der Waals surface area contributed by atoms with E-state index in [1.54, 1.807) is 56.3 Å². The zero-order chi connectivity index (χ0) is 24.8. The van der Waals surface area contributed by atoms with Crippen molar-refractivity contribution in [3.63, 3.8) is 0 Å². The Labute approximate surface area is 205 Å². The fraction of sp³-hybridized carbons (Fsp3) is 0.391. The number of aryl methyl sites for hydroxylation is 1. The third kappa shape index (κ3) is 7.62. The first kappa shape index (κ1) is 27.0. The Kier molecular flexibility index (Phi) is 9.57. The predicted molar refractivity (Wildman–Crippen MR) is 133 cm³/mol. The lowest BCUT2D eigenvalue weighted by Crippen LogP contribution is -2.51. The van der Waals surface area contributed by atoms with E-state index >= 15 is 0 Å². The number of carbonyl (C=O) groups is 2. The van der Waals surface area contributed by atoms with Gasteiger partial charge in [0.15, 0.2) is 0 Å². The Morgan fingerprint density at radius 1 is 1.06 bits per heavy atom. The molecule has 180 valence electrons. The van der Waals surface area contributed by atoms with Crippen molar-refractivity contribution in [2.24, 2.45) is 0 Å². The molecule has 1 N–H and O–H groups in total. The molecule has 0 bridgehead atoms. The van der Waals surface area contributed by atoms with Crippen LogP contribution in [0.2, 0.25) is 10.0 Å². The maximum Gasteiger partial charge on any atom is 0.244 e. The van der Waals surface area contributed by atoms with Crippen molar-refractivity contribution in [2.75, 3.05) is 23.7 Å². The fourth-order valence-electron chi connectivity index (χ4n) is 3.26. The molecule has 33 heavy (non-hydrogen) atoms. The molecule has 0 aliphatic carbocycles. The Morgan fingerprint density at radius 2 is 1.67 bits per heavy atom. The van der Waals surface area contributed by atoms with Gasteiger partial charge in [0.1, 0.15) is 12.6 Å². The summed E-state index contributed by atoms with van der Waals surface area (Å²) in [4.78, 5) is 27.5. The Bertz CT molecular complexity index is 1090. The summed E-state index contributed by atoms with van der Waals surface area (Å²) < 4.78 is 26.2. The van der Waals surface area contributed by atoms with Gasteiger partial charge >= 0.3 is 0 Å². The fourth-order valence-corrected chi connectivity index (χ4v) is 4.52. The average Bonchev–Trinajstić information content (AvgIpc) is 2.74. The van der Waals surface area contributed by atoms with Crippen LogP contribution in [0, 0.1) is 6.92 Å². The molecule has 0 aliphatic heterocycles. The molecule has 2 amide bonds. The van der Waals surface area contributed by atoms with Gasteiger partial charge < -0.3 is 10.2 Å². The molecule has 0 unspecified atom stereocenters. The molecule has 0 heterocycles. The third-order valence-corrected chi connectivity index (χ3v) is 6.70. The standard InChI is InChI=1S/C23H29Cl2N3O4S/c1-5-12-26-23(30)17(3)27(14-18-6-8-19(24)9-7-18)22(29)15-28(33(4,31)32)21-11-10-20(25)13-16(21)2/h6-11,13,17H,5,12,14-15H2,1-4H3,(H,26,30)/t17-/m1/s1. The van der Waals surface area contributed by atoms with E-state index in [1.807, 2.05) is 6.92 Å². The van der Waals surface area contributed by atoms with Gasteiger partial charge in [0.2, 0.25) is 21.8 Å². The highest BCUT2D eigenvalue weighted by atomic mass is 35.5. The van der Waals surface area contributed by atoms with Crippen LogP contribution in [0.4, 0.5) is 5.69 Å². The average molecular weight is 514 g/mol. The highest BCUT2D eigenvalue weighted by Crippen LogP contribution is 2.26. The number of rotatable bonds is 10. The molecule has 2 aromatic rings. The first-order chi connectivity index (χ1) is 15.4. The van der Waals surface area contributed by atoms with Crippen LogP contribution in [0.25, 0.3) is 0 Å². The van der Waals surface area contributed by atoms with Crippen LogP contribution in [-0.2, 0) is 26.2 Å². The number of nitrogens with zero attached hydrogens (tertiary/aromatic N) is 2. The van der Waals surface area contributed by atoms with Crippen LogP contribution in [0.15, 0.2) is 42.5 Å². The molecule has 7 nitrogen and oxygen atoms in total. The van der Waals surface area contributed by atoms with Crippen molar-refractivity contribution in [2.45, 2.75) is 39.8 Å². The normalized spacial score (nSPS) is 12.2. The molecular formula is C23H29Cl2N3O4S. The number of benzene rings is 2. The van der Waals surface area contributed by atoms with Gasteiger partial charge in [-0.1, -0.05) is 42.3 Å². The molecule has 1 atom stereocenters. The van der Waals surface area contributed by atoms with Gasteiger partial charge in [0.05, 0.1) is 11.9 Å². The van der Waals surface area contributed by atoms with Crippen molar-refractivity contribution < 1.29 is 18.0 Å². The molecule has 10 heteroatoms. The summed E-state index contributed by atoms with van der Waals surface area (Å²) in [5.74, 6) is -0.823. The highest BCUT2D eigenvalue weighted by Gasteiger charge is 2.30. The number of anilines is 1. The smallest absolute Gasteiger partial charge is 0.244 e. The first-order valence-corrected chi connectivity index (χ1v) is 13.1. The number of nitrogens with one attached hydrogen (secondary N) is 1. The number of amides is 2. The van der Waals surface area contributed by atoms with Crippen molar-refractivity contribution in [3.05, 3.63) is 63.6 Å². The minimum absolute atomic E-state index is 0.119. The summed E-state index contributed by atoms with van der Waals surface area (Å²) in [6.07, 6.45) is 1.79. The third-order valence-electron chi connectivity index (χ3n) is 5.09. The van der Waals surface area contributed by atoms with Gasteiger partial charge in [-0.25, -0.2) is 8.42 Å². The maximum atomic E-state index is 13.4. The van der Waals surface area contributed by atoms with E-state index in [1.165, 1.54) is 4.90 Å². The van der Waals surface area contributed by atoms with Crippen molar-refractivity contribution in [3.8, 4) is 0 Å². The SMILES string of the molecule is CCCNC(=O)[C@@H](C)N(Cc1ccc(Cl)cc1)C(=O)CN(c1ccc(Cl)cc1C)S(C)(=O)=O. The van der Waals surface area contributed by atoms with Gasteiger partial charge in [-0.05, 0) is 61.7 Å². The molecule has 0 saturated carbocycles.